The molecule has 0 aliphatic rings. The maximum Gasteiger partial charge on any atom is 0.224 e. The van der Waals surface area contributed by atoms with Gasteiger partial charge in [-0.3, -0.25) is 4.79 Å². The predicted molar refractivity (Wildman–Crippen MR) is 90.4 cm³/mol. The van der Waals surface area contributed by atoms with E-state index in [4.69, 9.17) is 5.73 Å². The van der Waals surface area contributed by atoms with Crippen LogP contribution in [0, 0.1) is 12.8 Å². The van der Waals surface area contributed by atoms with E-state index in [1.807, 2.05) is 37.3 Å². The van der Waals surface area contributed by atoms with Gasteiger partial charge in [0.1, 0.15) is 0 Å². The van der Waals surface area contributed by atoms with E-state index in [0.29, 0.717) is 6.54 Å². The second-order valence-electron chi connectivity index (χ2n) is 5.75. The summed E-state index contributed by atoms with van der Waals surface area (Å²) in [6.45, 7) is 4.57. The number of carbonyl (C=O) groups is 1. The highest BCUT2D eigenvalue weighted by atomic mass is 16.1. The van der Waals surface area contributed by atoms with Crippen LogP contribution in [0.3, 0.4) is 0 Å². The van der Waals surface area contributed by atoms with E-state index in [2.05, 4.69) is 36.5 Å². The van der Waals surface area contributed by atoms with Crippen molar-refractivity contribution in [2.45, 2.75) is 26.3 Å². The van der Waals surface area contributed by atoms with Crippen molar-refractivity contribution in [2.75, 3.05) is 6.54 Å². The molecule has 0 saturated heterocycles. The van der Waals surface area contributed by atoms with Crippen molar-refractivity contribution < 1.29 is 4.79 Å². The van der Waals surface area contributed by atoms with Gasteiger partial charge >= 0.3 is 0 Å². The molecule has 3 heteroatoms. The molecule has 0 fully saturated rings. The number of carbonyl (C=O) groups excluding carboxylic acids is 1. The van der Waals surface area contributed by atoms with Crippen LogP contribution in [0.1, 0.15) is 29.7 Å². The van der Waals surface area contributed by atoms with Gasteiger partial charge in [0.2, 0.25) is 5.91 Å². The van der Waals surface area contributed by atoms with Gasteiger partial charge < -0.3 is 11.1 Å². The summed E-state index contributed by atoms with van der Waals surface area (Å²) in [5.74, 6) is -0.246. The van der Waals surface area contributed by atoms with Gasteiger partial charge in [0.25, 0.3) is 0 Å². The lowest BCUT2D eigenvalue weighted by Gasteiger charge is -2.19. The van der Waals surface area contributed by atoms with E-state index >= 15 is 0 Å². The number of rotatable bonds is 6. The smallest absolute Gasteiger partial charge is 0.224 e. The van der Waals surface area contributed by atoms with Crippen LogP contribution in [0.5, 0.6) is 0 Å². The maximum absolute atomic E-state index is 12.2. The second-order valence-corrected chi connectivity index (χ2v) is 5.75. The molecule has 0 bridgehead atoms. The zero-order valence-electron chi connectivity index (χ0n) is 13.3. The van der Waals surface area contributed by atoms with Crippen LogP contribution < -0.4 is 11.1 Å². The lowest BCUT2D eigenvalue weighted by molar-refractivity contribution is -0.125. The van der Waals surface area contributed by atoms with Gasteiger partial charge in [0.05, 0.1) is 5.92 Å². The van der Waals surface area contributed by atoms with Crippen LogP contribution in [-0.4, -0.2) is 12.5 Å². The molecular weight excluding hydrogens is 272 g/mol. The fourth-order valence-electron chi connectivity index (χ4n) is 2.37. The summed E-state index contributed by atoms with van der Waals surface area (Å²) in [4.78, 5) is 12.2. The van der Waals surface area contributed by atoms with Crippen molar-refractivity contribution in [1.82, 2.24) is 5.32 Å². The monoisotopic (exact) mass is 296 g/mol. The Hall–Kier alpha value is -2.13. The van der Waals surface area contributed by atoms with Crippen molar-refractivity contribution in [1.29, 1.82) is 0 Å². The molecule has 3 N–H and O–H groups in total. The standard InChI is InChI=1S/C19H24N2O/c1-14-8-10-16(11-9-14)12-13-21-19(22)15(2)18(20)17-6-4-3-5-7-17/h3-11,15,18H,12-13,20H2,1-2H3,(H,21,22). The van der Waals surface area contributed by atoms with Gasteiger partial charge in [-0.15, -0.1) is 0 Å². The zero-order chi connectivity index (χ0) is 15.9. The van der Waals surface area contributed by atoms with Gasteiger partial charge in [-0.25, -0.2) is 0 Å². The first-order valence-corrected chi connectivity index (χ1v) is 7.71. The summed E-state index contributed by atoms with van der Waals surface area (Å²) in [7, 11) is 0. The minimum absolute atomic E-state index is 0.00321. The molecule has 0 radical (unpaired) electrons. The molecule has 0 aliphatic carbocycles. The number of nitrogens with two attached hydrogens (primary N) is 1. The molecule has 22 heavy (non-hydrogen) atoms. The highest BCUT2D eigenvalue weighted by Crippen LogP contribution is 2.18. The molecule has 3 nitrogen and oxygen atoms in total. The summed E-state index contributed by atoms with van der Waals surface area (Å²) < 4.78 is 0. The Labute approximate surface area is 132 Å². The summed E-state index contributed by atoms with van der Waals surface area (Å²) in [5.41, 5.74) is 9.64. The average molecular weight is 296 g/mol. The number of amides is 1. The third-order valence-electron chi connectivity index (χ3n) is 3.97. The van der Waals surface area contributed by atoms with Crippen molar-refractivity contribution >= 4 is 5.91 Å². The number of nitrogens with one attached hydrogen (secondary N) is 1. The Morgan fingerprint density at radius 1 is 1.09 bits per heavy atom. The third kappa shape index (κ3) is 4.43. The molecule has 0 spiro atoms. The van der Waals surface area contributed by atoms with Gasteiger partial charge in [0, 0.05) is 12.6 Å². The molecule has 2 aromatic rings. The van der Waals surface area contributed by atoms with Crippen LogP contribution in [0.15, 0.2) is 54.6 Å². The molecule has 0 heterocycles. The van der Waals surface area contributed by atoms with E-state index in [0.717, 1.165) is 12.0 Å². The molecule has 2 rings (SSSR count). The van der Waals surface area contributed by atoms with Gasteiger partial charge in [-0.2, -0.15) is 0 Å². The third-order valence-corrected chi connectivity index (χ3v) is 3.97. The molecule has 1 amide bonds. The van der Waals surface area contributed by atoms with E-state index in [1.54, 1.807) is 0 Å². The minimum atomic E-state index is -0.277. The summed E-state index contributed by atoms with van der Waals surface area (Å²) >= 11 is 0. The van der Waals surface area contributed by atoms with Crippen molar-refractivity contribution in [3.63, 3.8) is 0 Å². The Kier molecular flexibility index (Phi) is 5.73. The predicted octanol–water partition coefficient (Wildman–Crippen LogP) is 2.99. The largest absolute Gasteiger partial charge is 0.355 e. The molecule has 0 saturated carbocycles. The second kappa shape index (κ2) is 7.76. The van der Waals surface area contributed by atoms with E-state index in [9.17, 15) is 4.79 Å². The van der Waals surface area contributed by atoms with Crippen molar-refractivity contribution in [3.8, 4) is 0 Å². The van der Waals surface area contributed by atoms with E-state index < -0.39 is 0 Å². The first kappa shape index (κ1) is 16.2. The number of benzene rings is 2. The zero-order valence-corrected chi connectivity index (χ0v) is 13.3. The molecule has 0 aliphatic heterocycles. The molecular formula is C19H24N2O. The fraction of sp³-hybridized carbons (Fsp3) is 0.316. The SMILES string of the molecule is Cc1ccc(CCNC(=O)C(C)C(N)c2ccccc2)cc1. The van der Waals surface area contributed by atoms with Gasteiger partial charge in [0.15, 0.2) is 0 Å². The Morgan fingerprint density at radius 2 is 1.73 bits per heavy atom. The van der Waals surface area contributed by atoms with Gasteiger partial charge in [-0.05, 0) is 24.5 Å². The normalized spacial score (nSPS) is 13.4. The lowest BCUT2D eigenvalue weighted by atomic mass is 9.94. The highest BCUT2D eigenvalue weighted by Gasteiger charge is 2.21. The quantitative estimate of drug-likeness (QED) is 0.861. The van der Waals surface area contributed by atoms with Crippen LogP contribution in [-0.2, 0) is 11.2 Å². The number of hydrogen-bond acceptors (Lipinski definition) is 2. The summed E-state index contributed by atoms with van der Waals surface area (Å²) in [5, 5.41) is 2.98. The highest BCUT2D eigenvalue weighted by molar-refractivity contribution is 5.79. The average Bonchev–Trinajstić information content (AvgIpc) is 2.56. The van der Waals surface area contributed by atoms with Crippen LogP contribution in [0.4, 0.5) is 0 Å². The maximum atomic E-state index is 12.2. The summed E-state index contributed by atoms with van der Waals surface area (Å²) in [6.07, 6.45) is 0.833. The summed E-state index contributed by atoms with van der Waals surface area (Å²) in [6, 6.07) is 17.8. The minimum Gasteiger partial charge on any atom is -0.355 e. The number of hydrogen-bond donors (Lipinski definition) is 2. The van der Waals surface area contributed by atoms with Crippen LogP contribution >= 0.6 is 0 Å². The first-order chi connectivity index (χ1) is 10.6. The Balaban J connectivity index is 1.82. The Morgan fingerprint density at radius 3 is 2.36 bits per heavy atom. The van der Waals surface area contributed by atoms with Crippen LogP contribution in [0.25, 0.3) is 0 Å². The number of aryl methyl sites for hydroxylation is 1. The van der Waals surface area contributed by atoms with Crippen molar-refractivity contribution in [3.05, 3.63) is 71.3 Å². The first-order valence-electron chi connectivity index (χ1n) is 7.71. The molecule has 0 aromatic heterocycles. The van der Waals surface area contributed by atoms with Crippen molar-refractivity contribution in [2.24, 2.45) is 11.7 Å². The lowest BCUT2D eigenvalue weighted by Crippen LogP contribution is -2.36. The Bertz CT molecular complexity index is 593. The van der Waals surface area contributed by atoms with Crippen LogP contribution in [0.2, 0.25) is 0 Å². The molecule has 116 valence electrons. The topological polar surface area (TPSA) is 55.1 Å². The van der Waals surface area contributed by atoms with E-state index in [1.165, 1.54) is 11.1 Å². The fourth-order valence-corrected chi connectivity index (χ4v) is 2.37. The van der Waals surface area contributed by atoms with Gasteiger partial charge in [-0.1, -0.05) is 67.1 Å². The molecule has 2 aromatic carbocycles. The van der Waals surface area contributed by atoms with E-state index in [-0.39, 0.29) is 17.9 Å². The molecule has 2 atom stereocenters. The molecule has 2 unspecified atom stereocenters.